The number of ether oxygens (including phenoxy) is 2. The maximum absolute atomic E-state index is 6.01. The van der Waals surface area contributed by atoms with Gasteiger partial charge in [-0.15, -0.1) is 10.2 Å². The first kappa shape index (κ1) is 13.6. The van der Waals surface area contributed by atoms with E-state index in [4.69, 9.17) is 13.9 Å². The van der Waals surface area contributed by atoms with E-state index in [-0.39, 0.29) is 6.10 Å². The Labute approximate surface area is 140 Å². The molecule has 5 rings (SSSR count). The van der Waals surface area contributed by atoms with Crippen LogP contribution in [0.25, 0.3) is 16.3 Å². The Morgan fingerprint density at radius 3 is 2.88 bits per heavy atom. The van der Waals surface area contributed by atoms with Crippen LogP contribution in [0.3, 0.4) is 0 Å². The van der Waals surface area contributed by atoms with E-state index in [1.807, 2.05) is 37.3 Å². The lowest BCUT2D eigenvalue weighted by atomic mass is 10.2. The molecule has 0 saturated carbocycles. The van der Waals surface area contributed by atoms with Gasteiger partial charge >= 0.3 is 0 Å². The largest absolute Gasteiger partial charge is 0.485 e. The van der Waals surface area contributed by atoms with Crippen molar-refractivity contribution in [3.05, 3.63) is 47.4 Å². The fraction of sp³-hybridized carbons (Fsp3) is 0.188. The van der Waals surface area contributed by atoms with E-state index >= 15 is 0 Å². The lowest BCUT2D eigenvalue weighted by Crippen LogP contribution is -2.21. The number of aryl methyl sites for hydroxylation is 1. The average Bonchev–Trinajstić information content (AvgIpc) is 3.30. The maximum Gasteiger partial charge on any atom is 0.235 e. The molecule has 1 aromatic carbocycles. The van der Waals surface area contributed by atoms with Crippen molar-refractivity contribution in [1.82, 2.24) is 19.8 Å². The highest BCUT2D eigenvalue weighted by molar-refractivity contribution is 7.16. The number of hydrogen-bond donors (Lipinski definition) is 0. The Balaban J connectivity index is 1.53. The molecule has 4 heterocycles. The molecule has 0 unspecified atom stereocenters. The monoisotopic (exact) mass is 340 g/mol. The minimum Gasteiger partial charge on any atom is -0.485 e. The molecule has 7 nitrogen and oxygen atoms in total. The van der Waals surface area contributed by atoms with Gasteiger partial charge in [-0.3, -0.25) is 0 Å². The second kappa shape index (κ2) is 5.07. The van der Waals surface area contributed by atoms with Crippen molar-refractivity contribution in [3.8, 4) is 22.9 Å². The summed E-state index contributed by atoms with van der Waals surface area (Å²) in [7, 11) is 0. The van der Waals surface area contributed by atoms with Crippen molar-refractivity contribution in [1.29, 1.82) is 0 Å². The van der Waals surface area contributed by atoms with Crippen molar-refractivity contribution >= 4 is 16.3 Å². The van der Waals surface area contributed by atoms with Crippen molar-refractivity contribution in [2.24, 2.45) is 0 Å². The standard InChI is InChI=1S/C16H12N4O3S/c1-9-10(6-7-21-9)14-17-18-16-20(14)19-15(24-16)13-8-22-11-4-2-3-5-12(11)23-13/h2-7,13H,8H2,1H3/t13-/m0/s1. The molecule has 0 aliphatic carbocycles. The SMILES string of the molecule is Cc1occc1-c1nnc2sc([C@@H]3COc4ccccc4O3)nn12. The van der Waals surface area contributed by atoms with E-state index in [9.17, 15) is 0 Å². The van der Waals surface area contributed by atoms with Gasteiger partial charge in [0.1, 0.15) is 12.4 Å². The molecule has 0 N–H and O–H groups in total. The van der Waals surface area contributed by atoms with Crippen LogP contribution in [0.15, 0.2) is 41.0 Å². The van der Waals surface area contributed by atoms with Gasteiger partial charge in [-0.05, 0) is 25.1 Å². The summed E-state index contributed by atoms with van der Waals surface area (Å²) in [6.07, 6.45) is 1.37. The minimum atomic E-state index is -0.259. The van der Waals surface area contributed by atoms with Crippen LogP contribution < -0.4 is 9.47 Å². The molecule has 0 saturated heterocycles. The van der Waals surface area contributed by atoms with E-state index < -0.39 is 0 Å². The Morgan fingerprint density at radius 2 is 2.04 bits per heavy atom. The molecule has 1 aliphatic rings. The number of fused-ring (bicyclic) bond motifs is 2. The van der Waals surface area contributed by atoms with Crippen LogP contribution in [0, 0.1) is 6.92 Å². The fourth-order valence-corrected chi connectivity index (χ4v) is 3.54. The van der Waals surface area contributed by atoms with Gasteiger partial charge in [-0.1, -0.05) is 23.5 Å². The van der Waals surface area contributed by atoms with Gasteiger partial charge in [0.05, 0.1) is 11.8 Å². The third kappa shape index (κ3) is 2.00. The van der Waals surface area contributed by atoms with Crippen molar-refractivity contribution in [2.75, 3.05) is 6.61 Å². The van der Waals surface area contributed by atoms with Gasteiger partial charge in [0.2, 0.25) is 4.96 Å². The summed E-state index contributed by atoms with van der Waals surface area (Å²) in [5.41, 5.74) is 0.880. The van der Waals surface area contributed by atoms with Gasteiger partial charge in [0.15, 0.2) is 28.4 Å². The van der Waals surface area contributed by atoms with Crippen LogP contribution in [0.5, 0.6) is 11.5 Å². The van der Waals surface area contributed by atoms with Gasteiger partial charge < -0.3 is 13.9 Å². The molecule has 4 aromatic rings. The summed E-state index contributed by atoms with van der Waals surface area (Å²) in [5, 5.41) is 13.8. The van der Waals surface area contributed by atoms with Crippen LogP contribution in [0.1, 0.15) is 16.9 Å². The zero-order valence-electron chi connectivity index (χ0n) is 12.7. The summed E-state index contributed by atoms with van der Waals surface area (Å²) < 4.78 is 18.9. The number of hydrogen-bond acceptors (Lipinski definition) is 7. The highest BCUT2D eigenvalue weighted by Gasteiger charge is 2.27. The predicted octanol–water partition coefficient (Wildman–Crippen LogP) is 3.27. The highest BCUT2D eigenvalue weighted by Crippen LogP contribution is 2.37. The lowest BCUT2D eigenvalue weighted by Gasteiger charge is -2.24. The molecule has 0 radical (unpaired) electrons. The van der Waals surface area contributed by atoms with E-state index in [1.165, 1.54) is 11.3 Å². The number of aromatic nitrogens is 4. The normalized spacial score (nSPS) is 16.6. The fourth-order valence-electron chi connectivity index (χ4n) is 2.69. The van der Waals surface area contributed by atoms with Gasteiger partial charge in [-0.2, -0.15) is 9.61 Å². The van der Waals surface area contributed by atoms with E-state index in [2.05, 4.69) is 15.3 Å². The van der Waals surface area contributed by atoms with Crippen LogP contribution in [0.4, 0.5) is 0 Å². The molecule has 0 fully saturated rings. The number of para-hydroxylation sites is 2. The van der Waals surface area contributed by atoms with E-state index in [0.29, 0.717) is 17.4 Å². The van der Waals surface area contributed by atoms with Crippen LogP contribution in [-0.4, -0.2) is 26.4 Å². The van der Waals surface area contributed by atoms with Gasteiger partial charge in [0, 0.05) is 0 Å². The predicted molar refractivity (Wildman–Crippen MR) is 86.4 cm³/mol. The molecule has 8 heteroatoms. The van der Waals surface area contributed by atoms with Crippen molar-refractivity contribution < 1.29 is 13.9 Å². The Morgan fingerprint density at radius 1 is 1.17 bits per heavy atom. The summed E-state index contributed by atoms with van der Waals surface area (Å²) in [6, 6.07) is 9.49. The molecule has 1 aliphatic heterocycles. The number of furan rings is 1. The highest BCUT2D eigenvalue weighted by atomic mass is 32.1. The molecule has 0 bridgehead atoms. The summed E-state index contributed by atoms with van der Waals surface area (Å²) in [5.74, 6) is 2.93. The van der Waals surface area contributed by atoms with Gasteiger partial charge in [-0.25, -0.2) is 0 Å². The smallest absolute Gasteiger partial charge is 0.235 e. The van der Waals surface area contributed by atoms with Crippen LogP contribution in [0.2, 0.25) is 0 Å². The summed E-state index contributed by atoms with van der Waals surface area (Å²) in [6.45, 7) is 2.31. The first-order valence-corrected chi connectivity index (χ1v) is 8.26. The molecule has 120 valence electrons. The third-order valence-corrected chi connectivity index (χ3v) is 4.88. The topological polar surface area (TPSA) is 74.7 Å². The Bertz CT molecular complexity index is 1030. The summed E-state index contributed by atoms with van der Waals surface area (Å²) >= 11 is 1.45. The number of nitrogens with zero attached hydrogens (tertiary/aromatic N) is 4. The number of benzene rings is 1. The van der Waals surface area contributed by atoms with Gasteiger partial charge in [0.25, 0.3) is 0 Å². The maximum atomic E-state index is 6.01. The second-order valence-electron chi connectivity index (χ2n) is 5.41. The molecular weight excluding hydrogens is 328 g/mol. The molecule has 1 atom stereocenters. The molecule has 0 amide bonds. The first-order chi connectivity index (χ1) is 11.8. The number of rotatable bonds is 2. The molecule has 3 aromatic heterocycles. The first-order valence-electron chi connectivity index (χ1n) is 7.45. The zero-order chi connectivity index (χ0) is 16.1. The Kier molecular flexibility index (Phi) is 2.86. The zero-order valence-corrected chi connectivity index (χ0v) is 13.5. The Hall–Kier alpha value is -2.87. The van der Waals surface area contributed by atoms with Crippen LogP contribution in [-0.2, 0) is 0 Å². The minimum absolute atomic E-state index is 0.259. The summed E-state index contributed by atoms with van der Waals surface area (Å²) in [4.78, 5) is 0.711. The van der Waals surface area contributed by atoms with E-state index in [0.717, 1.165) is 27.8 Å². The van der Waals surface area contributed by atoms with Crippen LogP contribution >= 0.6 is 11.3 Å². The molecule has 0 spiro atoms. The quantitative estimate of drug-likeness (QED) is 0.557. The second-order valence-corrected chi connectivity index (χ2v) is 6.40. The third-order valence-electron chi connectivity index (χ3n) is 3.89. The van der Waals surface area contributed by atoms with E-state index in [1.54, 1.807) is 10.8 Å². The van der Waals surface area contributed by atoms with Crippen molar-refractivity contribution in [2.45, 2.75) is 13.0 Å². The molecule has 24 heavy (non-hydrogen) atoms. The lowest BCUT2D eigenvalue weighted by molar-refractivity contribution is 0.0904. The van der Waals surface area contributed by atoms with Crippen molar-refractivity contribution in [3.63, 3.8) is 0 Å². The molecular formula is C16H12N4O3S. The average molecular weight is 340 g/mol.